The first-order valence-electron chi connectivity index (χ1n) is 8.06. The molecule has 0 aliphatic heterocycles. The standard InChI is InChI=1S/C17H25NO3S/c1-3-13-22(20,21)16-12-8-7-11-15(16)17(19)18(2)14-9-5-4-6-10-14/h7-8,11-12,14H,3-6,9-10,13H2,1-2H3. The fourth-order valence-corrected chi connectivity index (χ4v) is 4.65. The summed E-state index contributed by atoms with van der Waals surface area (Å²) in [6.07, 6.45) is 6.05. The Labute approximate surface area is 133 Å². The van der Waals surface area contributed by atoms with Gasteiger partial charge in [0.05, 0.1) is 16.2 Å². The smallest absolute Gasteiger partial charge is 0.255 e. The van der Waals surface area contributed by atoms with Gasteiger partial charge in [0.15, 0.2) is 9.84 Å². The maximum absolute atomic E-state index is 12.8. The van der Waals surface area contributed by atoms with E-state index in [1.807, 2.05) is 6.92 Å². The molecule has 0 N–H and O–H groups in total. The minimum absolute atomic E-state index is 0.0738. The highest BCUT2D eigenvalue weighted by atomic mass is 32.2. The summed E-state index contributed by atoms with van der Waals surface area (Å²) in [5, 5.41) is 0. The zero-order chi connectivity index (χ0) is 16.2. The first-order valence-corrected chi connectivity index (χ1v) is 9.71. The largest absolute Gasteiger partial charge is 0.339 e. The van der Waals surface area contributed by atoms with Crippen LogP contribution in [0.15, 0.2) is 29.2 Å². The van der Waals surface area contributed by atoms with Crippen LogP contribution in [-0.2, 0) is 9.84 Å². The van der Waals surface area contributed by atoms with Gasteiger partial charge in [-0.1, -0.05) is 38.3 Å². The van der Waals surface area contributed by atoms with Crippen molar-refractivity contribution in [1.82, 2.24) is 4.90 Å². The van der Waals surface area contributed by atoms with Gasteiger partial charge in [-0.3, -0.25) is 4.79 Å². The van der Waals surface area contributed by atoms with Gasteiger partial charge in [-0.05, 0) is 31.4 Å². The summed E-state index contributed by atoms with van der Waals surface area (Å²) in [5.41, 5.74) is 0.309. The first-order chi connectivity index (χ1) is 10.5. The summed E-state index contributed by atoms with van der Waals surface area (Å²) in [4.78, 5) is 14.7. The Balaban J connectivity index is 2.30. The Kier molecular flexibility index (Phi) is 5.62. The van der Waals surface area contributed by atoms with Crippen molar-refractivity contribution in [1.29, 1.82) is 0 Å². The van der Waals surface area contributed by atoms with Crippen LogP contribution in [0.2, 0.25) is 0 Å². The van der Waals surface area contributed by atoms with E-state index in [0.29, 0.717) is 12.0 Å². The summed E-state index contributed by atoms with van der Waals surface area (Å²) in [6, 6.07) is 6.81. The molecule has 1 saturated carbocycles. The van der Waals surface area contributed by atoms with Crippen LogP contribution in [0.3, 0.4) is 0 Å². The van der Waals surface area contributed by atoms with Gasteiger partial charge in [0, 0.05) is 13.1 Å². The maximum Gasteiger partial charge on any atom is 0.255 e. The van der Waals surface area contributed by atoms with Crippen LogP contribution in [0.25, 0.3) is 0 Å². The monoisotopic (exact) mass is 323 g/mol. The highest BCUT2D eigenvalue weighted by Gasteiger charge is 2.27. The van der Waals surface area contributed by atoms with Crippen molar-refractivity contribution in [2.24, 2.45) is 0 Å². The van der Waals surface area contributed by atoms with Crippen LogP contribution < -0.4 is 0 Å². The number of amides is 1. The van der Waals surface area contributed by atoms with Gasteiger partial charge in [0.2, 0.25) is 0 Å². The van der Waals surface area contributed by atoms with Gasteiger partial charge in [-0.2, -0.15) is 0 Å². The molecule has 1 aromatic carbocycles. The van der Waals surface area contributed by atoms with E-state index >= 15 is 0 Å². The molecule has 1 aliphatic carbocycles. The van der Waals surface area contributed by atoms with Crippen LogP contribution in [0.4, 0.5) is 0 Å². The number of benzene rings is 1. The summed E-state index contributed by atoms with van der Waals surface area (Å²) < 4.78 is 24.8. The molecule has 1 amide bonds. The van der Waals surface area contributed by atoms with E-state index in [1.54, 1.807) is 36.2 Å². The number of rotatable bonds is 5. The van der Waals surface area contributed by atoms with E-state index in [4.69, 9.17) is 0 Å². The van der Waals surface area contributed by atoms with Gasteiger partial charge in [-0.25, -0.2) is 8.42 Å². The number of nitrogens with zero attached hydrogens (tertiary/aromatic N) is 1. The Morgan fingerprint density at radius 2 is 1.82 bits per heavy atom. The number of carbonyl (C=O) groups excluding carboxylic acids is 1. The molecule has 2 rings (SSSR count). The van der Waals surface area contributed by atoms with E-state index in [-0.39, 0.29) is 22.6 Å². The van der Waals surface area contributed by atoms with Crippen molar-refractivity contribution in [2.45, 2.75) is 56.4 Å². The average Bonchev–Trinajstić information content (AvgIpc) is 2.54. The summed E-state index contributed by atoms with van der Waals surface area (Å²) in [6.45, 7) is 1.83. The van der Waals surface area contributed by atoms with Crippen molar-refractivity contribution in [3.63, 3.8) is 0 Å². The molecule has 0 bridgehead atoms. The van der Waals surface area contributed by atoms with Crippen LogP contribution in [-0.4, -0.2) is 38.1 Å². The van der Waals surface area contributed by atoms with Gasteiger partial charge in [-0.15, -0.1) is 0 Å². The lowest BCUT2D eigenvalue weighted by Crippen LogP contribution is -2.38. The lowest BCUT2D eigenvalue weighted by atomic mass is 9.94. The minimum atomic E-state index is -3.40. The van der Waals surface area contributed by atoms with Crippen molar-refractivity contribution >= 4 is 15.7 Å². The first kappa shape index (κ1) is 17.0. The highest BCUT2D eigenvalue weighted by molar-refractivity contribution is 7.91. The third-order valence-corrected chi connectivity index (χ3v) is 6.34. The van der Waals surface area contributed by atoms with Gasteiger partial charge >= 0.3 is 0 Å². The molecule has 0 atom stereocenters. The highest BCUT2D eigenvalue weighted by Crippen LogP contribution is 2.25. The molecular formula is C17H25NO3S. The molecule has 0 aromatic heterocycles. The molecule has 1 aliphatic rings. The topological polar surface area (TPSA) is 54.5 Å². The van der Waals surface area contributed by atoms with E-state index in [2.05, 4.69) is 0 Å². The summed E-state index contributed by atoms with van der Waals surface area (Å²) >= 11 is 0. The van der Waals surface area contributed by atoms with Crippen LogP contribution in [0, 0.1) is 0 Å². The second kappa shape index (κ2) is 7.27. The Hall–Kier alpha value is -1.36. The number of hydrogen-bond acceptors (Lipinski definition) is 3. The molecule has 22 heavy (non-hydrogen) atoms. The third-order valence-electron chi connectivity index (χ3n) is 4.37. The summed E-state index contributed by atoms with van der Waals surface area (Å²) in [7, 11) is -1.60. The number of hydrogen-bond donors (Lipinski definition) is 0. The second-order valence-electron chi connectivity index (χ2n) is 6.02. The van der Waals surface area contributed by atoms with E-state index < -0.39 is 9.84 Å². The SMILES string of the molecule is CCCS(=O)(=O)c1ccccc1C(=O)N(C)C1CCCCC1. The predicted octanol–water partition coefficient (Wildman–Crippen LogP) is 3.28. The zero-order valence-corrected chi connectivity index (χ0v) is 14.2. The normalized spacial score (nSPS) is 16.5. The van der Waals surface area contributed by atoms with Crippen molar-refractivity contribution in [3.8, 4) is 0 Å². The Morgan fingerprint density at radius 3 is 2.45 bits per heavy atom. The zero-order valence-electron chi connectivity index (χ0n) is 13.4. The van der Waals surface area contributed by atoms with Gasteiger partial charge in [0.25, 0.3) is 5.91 Å². The van der Waals surface area contributed by atoms with E-state index in [1.165, 1.54) is 6.42 Å². The minimum Gasteiger partial charge on any atom is -0.339 e. The summed E-state index contributed by atoms with van der Waals surface area (Å²) in [5.74, 6) is -0.105. The van der Waals surface area contributed by atoms with Gasteiger partial charge in [0.1, 0.15) is 0 Å². The molecule has 0 heterocycles. The second-order valence-corrected chi connectivity index (χ2v) is 8.10. The molecular weight excluding hydrogens is 298 g/mol. The maximum atomic E-state index is 12.8. The van der Waals surface area contributed by atoms with Crippen LogP contribution in [0.1, 0.15) is 55.8 Å². The Morgan fingerprint density at radius 1 is 1.18 bits per heavy atom. The molecule has 1 fully saturated rings. The molecule has 0 unspecified atom stereocenters. The molecule has 122 valence electrons. The van der Waals surface area contributed by atoms with E-state index in [0.717, 1.165) is 25.7 Å². The Bertz CT molecular complexity index is 619. The number of carbonyl (C=O) groups is 1. The predicted molar refractivity (Wildman–Crippen MR) is 87.8 cm³/mol. The lowest BCUT2D eigenvalue weighted by molar-refractivity contribution is 0.0692. The van der Waals surface area contributed by atoms with Crippen molar-refractivity contribution in [2.75, 3.05) is 12.8 Å². The van der Waals surface area contributed by atoms with E-state index in [9.17, 15) is 13.2 Å². The fourth-order valence-electron chi connectivity index (χ4n) is 3.12. The molecule has 4 nitrogen and oxygen atoms in total. The number of sulfone groups is 1. The van der Waals surface area contributed by atoms with Crippen molar-refractivity contribution < 1.29 is 13.2 Å². The molecule has 5 heteroatoms. The molecule has 0 radical (unpaired) electrons. The third kappa shape index (κ3) is 3.69. The quantitative estimate of drug-likeness (QED) is 0.835. The molecule has 1 aromatic rings. The fraction of sp³-hybridized carbons (Fsp3) is 0.588. The van der Waals surface area contributed by atoms with Gasteiger partial charge < -0.3 is 4.90 Å². The van der Waals surface area contributed by atoms with Crippen LogP contribution in [0.5, 0.6) is 0 Å². The lowest BCUT2D eigenvalue weighted by Gasteiger charge is -2.31. The average molecular weight is 323 g/mol. The van der Waals surface area contributed by atoms with Crippen molar-refractivity contribution in [3.05, 3.63) is 29.8 Å². The molecule has 0 saturated heterocycles. The van der Waals surface area contributed by atoms with Crippen LogP contribution >= 0.6 is 0 Å². The molecule has 0 spiro atoms.